The molecule has 0 unspecified atom stereocenters. The molecule has 0 radical (unpaired) electrons. The van der Waals surface area contributed by atoms with Gasteiger partial charge in [-0.15, -0.1) is 0 Å². The quantitative estimate of drug-likeness (QED) is 0.497. The van der Waals surface area contributed by atoms with Crippen molar-refractivity contribution in [3.63, 3.8) is 0 Å². The Bertz CT molecular complexity index is 968. The SMILES string of the molecule is CCN1C(=O)/C(=C/c2cc(OC)c(OC)c(OC)c2)SC1=Nc1cccnc1Cl. The third-order valence-electron chi connectivity index (χ3n) is 4.14. The van der Waals surface area contributed by atoms with Gasteiger partial charge in [0, 0.05) is 12.7 Å². The number of amides is 1. The smallest absolute Gasteiger partial charge is 0.266 e. The number of aliphatic imine (C=N–C) groups is 1. The Morgan fingerprint density at radius 3 is 2.45 bits per heavy atom. The van der Waals surface area contributed by atoms with Crippen molar-refractivity contribution in [1.82, 2.24) is 9.88 Å². The molecule has 0 saturated carbocycles. The van der Waals surface area contributed by atoms with Crippen LogP contribution in [0.25, 0.3) is 6.08 Å². The van der Waals surface area contributed by atoms with Gasteiger partial charge in [0.2, 0.25) is 5.75 Å². The van der Waals surface area contributed by atoms with Gasteiger partial charge < -0.3 is 14.2 Å². The van der Waals surface area contributed by atoms with E-state index in [4.69, 9.17) is 25.8 Å². The maximum atomic E-state index is 12.9. The molecule has 0 spiro atoms. The number of aromatic nitrogens is 1. The van der Waals surface area contributed by atoms with E-state index in [2.05, 4.69) is 9.98 Å². The Labute approximate surface area is 178 Å². The average molecular weight is 434 g/mol. The number of benzene rings is 1. The highest BCUT2D eigenvalue weighted by Crippen LogP contribution is 2.40. The van der Waals surface area contributed by atoms with Crippen molar-refractivity contribution in [2.45, 2.75) is 6.92 Å². The lowest BCUT2D eigenvalue weighted by atomic mass is 10.1. The summed E-state index contributed by atoms with van der Waals surface area (Å²) >= 11 is 7.38. The molecule has 1 amide bonds. The molecular weight excluding hydrogens is 414 g/mol. The van der Waals surface area contributed by atoms with Crippen molar-refractivity contribution in [2.24, 2.45) is 4.99 Å². The number of likely N-dealkylation sites (N-methyl/N-ethyl adjacent to an activating group) is 1. The van der Waals surface area contributed by atoms with Crippen LogP contribution in [0, 0.1) is 0 Å². The summed E-state index contributed by atoms with van der Waals surface area (Å²) in [6.07, 6.45) is 3.36. The predicted octanol–water partition coefficient (Wildman–Crippen LogP) is 4.38. The van der Waals surface area contributed by atoms with Gasteiger partial charge in [-0.1, -0.05) is 11.6 Å². The molecule has 7 nitrogen and oxygen atoms in total. The molecule has 1 aliphatic heterocycles. The number of thioether (sulfide) groups is 1. The number of pyridine rings is 1. The zero-order chi connectivity index (χ0) is 21.0. The van der Waals surface area contributed by atoms with Crippen molar-refractivity contribution >= 4 is 46.2 Å². The minimum Gasteiger partial charge on any atom is -0.493 e. The molecule has 1 aliphatic rings. The van der Waals surface area contributed by atoms with E-state index < -0.39 is 0 Å². The average Bonchev–Trinajstić information content (AvgIpc) is 3.02. The van der Waals surface area contributed by atoms with Crippen molar-refractivity contribution in [3.05, 3.63) is 46.1 Å². The van der Waals surface area contributed by atoms with Crippen LogP contribution < -0.4 is 14.2 Å². The molecule has 29 heavy (non-hydrogen) atoms. The second-order valence-corrected chi connectivity index (χ2v) is 7.19. The highest BCUT2D eigenvalue weighted by Gasteiger charge is 2.32. The molecule has 2 aromatic rings. The maximum Gasteiger partial charge on any atom is 0.266 e. The Morgan fingerprint density at radius 1 is 1.21 bits per heavy atom. The first-order valence-corrected chi connectivity index (χ1v) is 9.92. The standard InChI is InChI=1S/C20H20ClN3O4S/c1-5-24-19(25)16(29-20(24)23-13-7-6-8-22-18(13)21)11-12-9-14(26-2)17(28-4)15(10-12)27-3/h6-11H,5H2,1-4H3/b16-11-,23-20?. The number of rotatable bonds is 6. The largest absolute Gasteiger partial charge is 0.493 e. The summed E-state index contributed by atoms with van der Waals surface area (Å²) < 4.78 is 16.1. The lowest BCUT2D eigenvalue weighted by molar-refractivity contribution is -0.122. The van der Waals surface area contributed by atoms with Gasteiger partial charge in [0.05, 0.1) is 26.2 Å². The molecule has 0 bridgehead atoms. The van der Waals surface area contributed by atoms with Gasteiger partial charge in [0.15, 0.2) is 21.8 Å². The fourth-order valence-corrected chi connectivity index (χ4v) is 3.99. The first-order chi connectivity index (χ1) is 14.0. The second-order valence-electron chi connectivity index (χ2n) is 5.83. The molecule has 1 saturated heterocycles. The molecule has 3 rings (SSSR count). The lowest BCUT2D eigenvalue weighted by Crippen LogP contribution is -2.28. The Kier molecular flexibility index (Phi) is 6.66. The lowest BCUT2D eigenvalue weighted by Gasteiger charge is -2.13. The van der Waals surface area contributed by atoms with Crippen LogP contribution in [-0.4, -0.2) is 48.8 Å². The van der Waals surface area contributed by atoms with Gasteiger partial charge >= 0.3 is 0 Å². The Hall–Kier alpha value is -2.71. The number of amidine groups is 1. The first-order valence-electron chi connectivity index (χ1n) is 8.73. The summed E-state index contributed by atoms with van der Waals surface area (Å²) in [6, 6.07) is 7.06. The van der Waals surface area contributed by atoms with Crippen LogP contribution in [0.15, 0.2) is 40.4 Å². The highest BCUT2D eigenvalue weighted by atomic mass is 35.5. The molecule has 2 heterocycles. The van der Waals surface area contributed by atoms with Crippen molar-refractivity contribution in [3.8, 4) is 17.2 Å². The van der Waals surface area contributed by atoms with Crippen molar-refractivity contribution < 1.29 is 19.0 Å². The van der Waals surface area contributed by atoms with E-state index in [-0.39, 0.29) is 11.1 Å². The van der Waals surface area contributed by atoms with Crippen LogP contribution in [-0.2, 0) is 4.79 Å². The summed E-state index contributed by atoms with van der Waals surface area (Å²) in [4.78, 5) is 23.6. The fourth-order valence-electron chi connectivity index (χ4n) is 2.77. The van der Waals surface area contributed by atoms with E-state index in [0.717, 1.165) is 5.56 Å². The molecule has 9 heteroatoms. The number of halogens is 1. The zero-order valence-corrected chi connectivity index (χ0v) is 18.0. The number of nitrogens with zero attached hydrogens (tertiary/aromatic N) is 3. The minimum atomic E-state index is -0.134. The first kappa shape index (κ1) is 21.0. The Balaban J connectivity index is 2.00. The molecule has 1 fully saturated rings. The van der Waals surface area contributed by atoms with Gasteiger partial charge in [0.25, 0.3) is 5.91 Å². The Morgan fingerprint density at radius 2 is 1.90 bits per heavy atom. The van der Waals surface area contributed by atoms with E-state index >= 15 is 0 Å². The topological polar surface area (TPSA) is 73.2 Å². The van der Waals surface area contributed by atoms with Gasteiger partial charge in [0.1, 0.15) is 5.69 Å². The third kappa shape index (κ3) is 4.33. The third-order valence-corrected chi connectivity index (χ3v) is 5.44. The van der Waals surface area contributed by atoms with Gasteiger partial charge in [-0.25, -0.2) is 9.98 Å². The fraction of sp³-hybridized carbons (Fsp3) is 0.250. The summed E-state index contributed by atoms with van der Waals surface area (Å²) in [5.41, 5.74) is 1.25. The molecule has 1 aromatic carbocycles. The molecular formula is C20H20ClN3O4S. The summed E-state index contributed by atoms with van der Waals surface area (Å²) in [5.74, 6) is 1.38. The van der Waals surface area contributed by atoms with E-state index in [1.807, 2.05) is 6.92 Å². The van der Waals surface area contributed by atoms with Crippen LogP contribution in [0.5, 0.6) is 17.2 Å². The number of methoxy groups -OCH3 is 3. The van der Waals surface area contributed by atoms with Gasteiger partial charge in [-0.05, 0) is 54.6 Å². The predicted molar refractivity (Wildman–Crippen MR) is 115 cm³/mol. The zero-order valence-electron chi connectivity index (χ0n) is 16.4. The van der Waals surface area contributed by atoms with Gasteiger partial charge in [-0.3, -0.25) is 9.69 Å². The van der Waals surface area contributed by atoms with E-state index in [9.17, 15) is 4.79 Å². The monoisotopic (exact) mass is 433 g/mol. The van der Waals surface area contributed by atoms with E-state index in [0.29, 0.717) is 39.6 Å². The van der Waals surface area contributed by atoms with Crippen LogP contribution in [0.2, 0.25) is 5.15 Å². The van der Waals surface area contributed by atoms with E-state index in [1.165, 1.54) is 11.8 Å². The maximum absolute atomic E-state index is 12.9. The second kappa shape index (κ2) is 9.19. The van der Waals surface area contributed by atoms with Crippen molar-refractivity contribution in [2.75, 3.05) is 27.9 Å². The van der Waals surface area contributed by atoms with Crippen LogP contribution in [0.4, 0.5) is 5.69 Å². The molecule has 0 N–H and O–H groups in total. The summed E-state index contributed by atoms with van der Waals surface area (Å²) in [5, 5.41) is 0.831. The normalized spacial score (nSPS) is 16.6. The number of hydrogen-bond acceptors (Lipinski definition) is 7. The molecule has 1 aromatic heterocycles. The molecule has 0 atom stereocenters. The number of carbonyl (C=O) groups is 1. The molecule has 152 valence electrons. The molecule has 0 aliphatic carbocycles. The van der Waals surface area contributed by atoms with E-state index in [1.54, 1.807) is 62.8 Å². The van der Waals surface area contributed by atoms with Crippen LogP contribution >= 0.6 is 23.4 Å². The van der Waals surface area contributed by atoms with Crippen molar-refractivity contribution in [1.29, 1.82) is 0 Å². The summed E-state index contributed by atoms with van der Waals surface area (Å²) in [7, 11) is 4.64. The highest BCUT2D eigenvalue weighted by molar-refractivity contribution is 8.18. The van der Waals surface area contributed by atoms with Gasteiger partial charge in [-0.2, -0.15) is 0 Å². The van der Waals surface area contributed by atoms with Crippen LogP contribution in [0.3, 0.4) is 0 Å². The minimum absolute atomic E-state index is 0.134. The summed E-state index contributed by atoms with van der Waals surface area (Å²) in [6.45, 7) is 2.37. The number of ether oxygens (including phenoxy) is 3. The number of carbonyl (C=O) groups excluding carboxylic acids is 1. The number of hydrogen-bond donors (Lipinski definition) is 0. The van der Waals surface area contributed by atoms with Crippen LogP contribution in [0.1, 0.15) is 12.5 Å².